The van der Waals surface area contributed by atoms with Crippen molar-refractivity contribution >= 4 is 0 Å². The molecule has 2 nitrogen and oxygen atoms in total. The Labute approximate surface area is 131 Å². The van der Waals surface area contributed by atoms with Crippen LogP contribution in [-0.4, -0.2) is 18.7 Å². The van der Waals surface area contributed by atoms with E-state index in [1.165, 1.54) is 11.1 Å². The Kier molecular flexibility index (Phi) is 7.98. The SMILES string of the molecule is CC(C)CC(C)OCc1ccc(C(C)CNC(C)C)cc1. The zero-order valence-corrected chi connectivity index (χ0v) is 14.6. The highest BCUT2D eigenvalue weighted by Gasteiger charge is 2.08. The molecule has 0 aliphatic heterocycles. The fourth-order valence-corrected chi connectivity index (χ4v) is 2.44. The van der Waals surface area contributed by atoms with E-state index in [-0.39, 0.29) is 0 Å². The molecule has 1 aromatic carbocycles. The summed E-state index contributed by atoms with van der Waals surface area (Å²) >= 11 is 0. The zero-order chi connectivity index (χ0) is 15.8. The van der Waals surface area contributed by atoms with Gasteiger partial charge in [-0.3, -0.25) is 0 Å². The Bertz CT molecular complexity index is 383. The maximum absolute atomic E-state index is 5.91. The van der Waals surface area contributed by atoms with Gasteiger partial charge in [-0.15, -0.1) is 0 Å². The topological polar surface area (TPSA) is 21.3 Å². The molecule has 0 aromatic heterocycles. The van der Waals surface area contributed by atoms with E-state index in [0.29, 0.717) is 30.6 Å². The van der Waals surface area contributed by atoms with E-state index in [2.05, 4.69) is 71.1 Å². The van der Waals surface area contributed by atoms with Gasteiger partial charge in [0.1, 0.15) is 0 Å². The minimum Gasteiger partial charge on any atom is -0.374 e. The molecule has 0 spiro atoms. The van der Waals surface area contributed by atoms with E-state index in [9.17, 15) is 0 Å². The Morgan fingerprint density at radius 3 is 2.10 bits per heavy atom. The predicted octanol–water partition coefficient (Wildman–Crippen LogP) is 4.74. The molecule has 0 bridgehead atoms. The van der Waals surface area contributed by atoms with Gasteiger partial charge in [0.2, 0.25) is 0 Å². The molecule has 0 amide bonds. The van der Waals surface area contributed by atoms with E-state index < -0.39 is 0 Å². The van der Waals surface area contributed by atoms with Gasteiger partial charge in [-0.25, -0.2) is 0 Å². The summed E-state index contributed by atoms with van der Waals surface area (Å²) in [6.45, 7) is 15.0. The highest BCUT2D eigenvalue weighted by molar-refractivity contribution is 5.25. The monoisotopic (exact) mass is 291 g/mol. The summed E-state index contributed by atoms with van der Waals surface area (Å²) in [5, 5.41) is 3.49. The molecule has 0 aliphatic carbocycles. The summed E-state index contributed by atoms with van der Waals surface area (Å²) in [6, 6.07) is 9.41. The predicted molar refractivity (Wildman–Crippen MR) is 91.7 cm³/mol. The lowest BCUT2D eigenvalue weighted by Gasteiger charge is -2.17. The first-order valence-electron chi connectivity index (χ1n) is 8.32. The fourth-order valence-electron chi connectivity index (χ4n) is 2.44. The van der Waals surface area contributed by atoms with Gasteiger partial charge in [0.05, 0.1) is 12.7 Å². The first-order valence-corrected chi connectivity index (χ1v) is 8.32. The molecule has 2 unspecified atom stereocenters. The van der Waals surface area contributed by atoms with Gasteiger partial charge >= 0.3 is 0 Å². The summed E-state index contributed by atoms with van der Waals surface area (Å²) in [4.78, 5) is 0. The second kappa shape index (κ2) is 9.22. The standard InChI is InChI=1S/C19H33NO/c1-14(2)11-17(6)21-13-18-7-9-19(10-8-18)16(5)12-20-15(3)4/h7-10,14-17,20H,11-13H2,1-6H3. The van der Waals surface area contributed by atoms with Crippen LogP contribution in [0.4, 0.5) is 0 Å². The third-order valence-electron chi connectivity index (χ3n) is 3.72. The fraction of sp³-hybridized carbons (Fsp3) is 0.684. The van der Waals surface area contributed by atoms with E-state index >= 15 is 0 Å². The summed E-state index contributed by atoms with van der Waals surface area (Å²) in [5.41, 5.74) is 2.65. The Hall–Kier alpha value is -0.860. The van der Waals surface area contributed by atoms with Crippen molar-refractivity contribution in [2.24, 2.45) is 5.92 Å². The summed E-state index contributed by atoms with van der Waals surface area (Å²) < 4.78 is 5.91. The molecule has 0 saturated heterocycles. The molecule has 0 heterocycles. The second-order valence-electron chi connectivity index (χ2n) is 6.96. The van der Waals surface area contributed by atoms with Crippen molar-refractivity contribution in [3.05, 3.63) is 35.4 Å². The van der Waals surface area contributed by atoms with Crippen LogP contribution in [0, 0.1) is 5.92 Å². The average Bonchev–Trinajstić information content (AvgIpc) is 2.42. The summed E-state index contributed by atoms with van der Waals surface area (Å²) in [5.74, 6) is 1.24. The van der Waals surface area contributed by atoms with Crippen molar-refractivity contribution < 1.29 is 4.74 Å². The number of hydrogen-bond donors (Lipinski definition) is 1. The van der Waals surface area contributed by atoms with Crippen molar-refractivity contribution in [1.29, 1.82) is 0 Å². The molecule has 21 heavy (non-hydrogen) atoms. The number of nitrogens with one attached hydrogen (secondary N) is 1. The Balaban J connectivity index is 2.42. The van der Waals surface area contributed by atoms with Gasteiger partial charge in [-0.1, -0.05) is 58.9 Å². The molecule has 1 N–H and O–H groups in total. The molecule has 1 rings (SSSR count). The lowest BCUT2D eigenvalue weighted by Crippen LogP contribution is -2.26. The van der Waals surface area contributed by atoms with Gasteiger partial charge in [-0.2, -0.15) is 0 Å². The van der Waals surface area contributed by atoms with E-state index in [4.69, 9.17) is 4.74 Å². The first kappa shape index (κ1) is 18.2. The average molecular weight is 291 g/mol. The lowest BCUT2D eigenvalue weighted by atomic mass is 9.99. The number of hydrogen-bond acceptors (Lipinski definition) is 2. The van der Waals surface area contributed by atoms with Gasteiger partial charge < -0.3 is 10.1 Å². The smallest absolute Gasteiger partial charge is 0.0720 e. The van der Waals surface area contributed by atoms with Crippen molar-refractivity contribution in [2.75, 3.05) is 6.54 Å². The van der Waals surface area contributed by atoms with Crippen LogP contribution in [0.2, 0.25) is 0 Å². The third-order valence-corrected chi connectivity index (χ3v) is 3.72. The van der Waals surface area contributed by atoms with Crippen LogP contribution in [0.25, 0.3) is 0 Å². The number of benzene rings is 1. The minimum absolute atomic E-state index is 0.332. The molecule has 2 heteroatoms. The first-order chi connectivity index (χ1) is 9.88. The molecular formula is C19H33NO. The molecule has 1 aromatic rings. The van der Waals surface area contributed by atoms with Crippen molar-refractivity contribution in [3.63, 3.8) is 0 Å². The van der Waals surface area contributed by atoms with Crippen LogP contribution in [0.15, 0.2) is 24.3 Å². The van der Waals surface area contributed by atoms with Crippen LogP contribution in [0.1, 0.15) is 65.0 Å². The van der Waals surface area contributed by atoms with Crippen molar-refractivity contribution in [2.45, 2.75) is 72.6 Å². The summed E-state index contributed by atoms with van der Waals surface area (Å²) in [7, 11) is 0. The lowest BCUT2D eigenvalue weighted by molar-refractivity contribution is 0.0397. The van der Waals surface area contributed by atoms with Crippen molar-refractivity contribution in [3.8, 4) is 0 Å². The molecule has 0 fully saturated rings. The Morgan fingerprint density at radius 1 is 0.952 bits per heavy atom. The van der Waals surface area contributed by atoms with Gasteiger partial charge in [0.15, 0.2) is 0 Å². The zero-order valence-electron chi connectivity index (χ0n) is 14.6. The molecular weight excluding hydrogens is 258 g/mol. The minimum atomic E-state index is 0.332. The highest BCUT2D eigenvalue weighted by Crippen LogP contribution is 2.17. The summed E-state index contributed by atoms with van der Waals surface area (Å²) in [6.07, 6.45) is 1.45. The van der Waals surface area contributed by atoms with Gasteiger partial charge in [0, 0.05) is 12.6 Å². The molecule has 0 radical (unpaired) electrons. The van der Waals surface area contributed by atoms with Crippen molar-refractivity contribution in [1.82, 2.24) is 5.32 Å². The van der Waals surface area contributed by atoms with Crippen LogP contribution in [0.3, 0.4) is 0 Å². The number of rotatable bonds is 9. The molecule has 120 valence electrons. The van der Waals surface area contributed by atoms with Crippen LogP contribution in [0.5, 0.6) is 0 Å². The number of ether oxygens (including phenoxy) is 1. The van der Waals surface area contributed by atoms with Crippen LogP contribution >= 0.6 is 0 Å². The maximum atomic E-state index is 5.91. The van der Waals surface area contributed by atoms with E-state index in [1.807, 2.05) is 0 Å². The third kappa shape index (κ3) is 7.63. The molecule has 2 atom stereocenters. The highest BCUT2D eigenvalue weighted by atomic mass is 16.5. The molecule has 0 aliphatic rings. The maximum Gasteiger partial charge on any atom is 0.0720 e. The van der Waals surface area contributed by atoms with Crippen LogP contribution < -0.4 is 5.32 Å². The van der Waals surface area contributed by atoms with E-state index in [1.54, 1.807) is 0 Å². The second-order valence-corrected chi connectivity index (χ2v) is 6.96. The Morgan fingerprint density at radius 2 is 1.57 bits per heavy atom. The molecule has 0 saturated carbocycles. The van der Waals surface area contributed by atoms with E-state index in [0.717, 1.165) is 13.0 Å². The normalized spacial score (nSPS) is 14.7. The van der Waals surface area contributed by atoms with Gasteiger partial charge in [0.25, 0.3) is 0 Å². The largest absolute Gasteiger partial charge is 0.374 e. The quantitative estimate of drug-likeness (QED) is 0.709. The van der Waals surface area contributed by atoms with Crippen LogP contribution in [-0.2, 0) is 11.3 Å². The van der Waals surface area contributed by atoms with Gasteiger partial charge in [-0.05, 0) is 36.3 Å².